The van der Waals surface area contributed by atoms with Gasteiger partial charge in [-0.25, -0.2) is 0 Å². The molecular weight excluding hydrogens is 194 g/mol. The van der Waals surface area contributed by atoms with Crippen molar-refractivity contribution in [1.82, 2.24) is 0 Å². The Kier molecular flexibility index (Phi) is 2.47. The Morgan fingerprint density at radius 2 is 2.38 bits per heavy atom. The Morgan fingerprint density at radius 1 is 1.77 bits per heavy atom. The first-order valence-electron chi connectivity index (χ1n) is 3.31. The normalized spacial score (nSPS) is 9.62. The van der Waals surface area contributed by atoms with Gasteiger partial charge in [0.1, 0.15) is 5.69 Å². The molecule has 7 heteroatoms. The van der Waals surface area contributed by atoms with E-state index < -0.39 is 4.92 Å². The first-order valence-corrected chi connectivity index (χ1v) is 4.19. The predicted molar refractivity (Wildman–Crippen MR) is 49.7 cm³/mol. The summed E-state index contributed by atoms with van der Waals surface area (Å²) >= 11 is 0.887. The van der Waals surface area contributed by atoms with Crippen LogP contribution in [-0.4, -0.2) is 10.8 Å². The molecule has 0 aliphatic carbocycles. The Balaban J connectivity index is 2.99. The lowest BCUT2D eigenvalue weighted by Gasteiger charge is -1.97. The first kappa shape index (κ1) is 9.46. The molecular formula is C6H7N3O3S. The van der Waals surface area contributed by atoms with E-state index in [4.69, 9.17) is 5.73 Å². The molecule has 0 atom stereocenters. The average Bonchev–Trinajstić information content (AvgIpc) is 2.32. The number of thiophene rings is 1. The molecule has 13 heavy (non-hydrogen) atoms. The second-order valence-corrected chi connectivity index (χ2v) is 3.16. The maximum atomic E-state index is 10.6. The minimum Gasteiger partial charge on any atom is -0.391 e. The molecule has 0 aliphatic rings. The van der Waals surface area contributed by atoms with E-state index in [1.807, 2.05) is 0 Å². The molecule has 0 bridgehead atoms. The summed E-state index contributed by atoms with van der Waals surface area (Å²) in [5.41, 5.74) is 5.71. The van der Waals surface area contributed by atoms with E-state index in [1.165, 1.54) is 12.3 Å². The zero-order valence-electron chi connectivity index (χ0n) is 6.73. The zero-order chi connectivity index (χ0) is 10.0. The van der Waals surface area contributed by atoms with Crippen LogP contribution in [0.3, 0.4) is 0 Å². The van der Waals surface area contributed by atoms with Crippen molar-refractivity contribution in [1.29, 1.82) is 0 Å². The van der Waals surface area contributed by atoms with Crippen molar-refractivity contribution in [2.45, 2.75) is 6.92 Å². The third-order valence-corrected chi connectivity index (χ3v) is 2.23. The van der Waals surface area contributed by atoms with Crippen LogP contribution < -0.4 is 11.1 Å². The summed E-state index contributed by atoms with van der Waals surface area (Å²) in [5.74, 6) is -0.306. The number of nitrogen functional groups attached to an aromatic ring is 1. The van der Waals surface area contributed by atoms with E-state index in [2.05, 4.69) is 5.32 Å². The molecule has 1 rings (SSSR count). The molecule has 0 spiro atoms. The number of anilines is 2. The van der Waals surface area contributed by atoms with Crippen LogP contribution in [0.25, 0.3) is 0 Å². The lowest BCUT2D eigenvalue weighted by Crippen LogP contribution is -2.06. The third kappa shape index (κ3) is 1.94. The molecule has 0 aromatic carbocycles. The van der Waals surface area contributed by atoms with Crippen molar-refractivity contribution in [2.75, 3.05) is 11.1 Å². The summed E-state index contributed by atoms with van der Waals surface area (Å²) in [5, 5.41) is 14.0. The van der Waals surface area contributed by atoms with E-state index in [0.717, 1.165) is 11.3 Å². The van der Waals surface area contributed by atoms with Gasteiger partial charge in [-0.2, -0.15) is 0 Å². The number of nitrogens with two attached hydrogens (primary N) is 1. The van der Waals surface area contributed by atoms with Crippen molar-refractivity contribution in [3.63, 3.8) is 0 Å². The fraction of sp³-hybridized carbons (Fsp3) is 0.167. The monoisotopic (exact) mass is 201 g/mol. The quantitative estimate of drug-likeness (QED) is 0.554. The number of nitro groups is 1. The van der Waals surface area contributed by atoms with Gasteiger partial charge in [0.05, 0.1) is 10.6 Å². The average molecular weight is 201 g/mol. The van der Waals surface area contributed by atoms with Gasteiger partial charge in [0.25, 0.3) is 0 Å². The Labute approximate surface area is 77.5 Å². The number of carbonyl (C=O) groups is 1. The van der Waals surface area contributed by atoms with Crippen molar-refractivity contribution >= 4 is 33.6 Å². The number of amides is 1. The minimum absolute atomic E-state index is 0.00481. The summed E-state index contributed by atoms with van der Waals surface area (Å²) in [6, 6.07) is 0. The molecule has 0 saturated carbocycles. The SMILES string of the molecule is CC(=O)Nc1csc([N+](=O)[O-])c1N. The molecule has 1 aromatic rings. The number of rotatable bonds is 2. The lowest BCUT2D eigenvalue weighted by molar-refractivity contribution is -0.379. The molecule has 1 aromatic heterocycles. The molecule has 0 saturated heterocycles. The van der Waals surface area contributed by atoms with Crippen molar-refractivity contribution in [3.05, 3.63) is 15.5 Å². The van der Waals surface area contributed by atoms with Gasteiger partial charge < -0.3 is 11.1 Å². The predicted octanol–water partition coefficient (Wildman–Crippen LogP) is 1.20. The number of nitrogens with zero attached hydrogens (tertiary/aromatic N) is 1. The van der Waals surface area contributed by atoms with Crippen LogP contribution >= 0.6 is 11.3 Å². The number of nitrogens with one attached hydrogen (secondary N) is 1. The van der Waals surface area contributed by atoms with E-state index >= 15 is 0 Å². The standard InChI is InChI=1S/C6H7N3O3S/c1-3(10)8-4-2-13-6(5(4)7)9(11)12/h2H,7H2,1H3,(H,8,10). The molecule has 0 fully saturated rings. The van der Waals surface area contributed by atoms with Gasteiger partial charge in [0, 0.05) is 12.3 Å². The highest BCUT2D eigenvalue weighted by molar-refractivity contribution is 7.14. The van der Waals surface area contributed by atoms with Crippen LogP contribution in [0.2, 0.25) is 0 Å². The highest BCUT2D eigenvalue weighted by Gasteiger charge is 2.18. The minimum atomic E-state index is -0.578. The maximum absolute atomic E-state index is 10.6. The van der Waals surface area contributed by atoms with Crippen LogP contribution in [-0.2, 0) is 4.79 Å². The molecule has 0 radical (unpaired) electrons. The van der Waals surface area contributed by atoms with Gasteiger partial charge >= 0.3 is 5.00 Å². The molecule has 3 N–H and O–H groups in total. The van der Waals surface area contributed by atoms with E-state index in [-0.39, 0.29) is 16.6 Å². The Hall–Kier alpha value is -1.63. The second kappa shape index (κ2) is 3.40. The van der Waals surface area contributed by atoms with Gasteiger partial charge in [-0.15, -0.1) is 0 Å². The molecule has 6 nitrogen and oxygen atoms in total. The highest BCUT2D eigenvalue weighted by atomic mass is 32.1. The fourth-order valence-electron chi connectivity index (χ4n) is 0.785. The Morgan fingerprint density at radius 3 is 2.77 bits per heavy atom. The van der Waals surface area contributed by atoms with Crippen LogP contribution in [0.1, 0.15) is 6.92 Å². The third-order valence-electron chi connectivity index (χ3n) is 1.29. The highest BCUT2D eigenvalue weighted by Crippen LogP contribution is 2.36. The summed E-state index contributed by atoms with van der Waals surface area (Å²) in [6.07, 6.45) is 0. The van der Waals surface area contributed by atoms with Gasteiger partial charge in [0.15, 0.2) is 0 Å². The largest absolute Gasteiger partial charge is 0.391 e. The van der Waals surface area contributed by atoms with Gasteiger partial charge in [-0.3, -0.25) is 14.9 Å². The zero-order valence-corrected chi connectivity index (χ0v) is 7.55. The summed E-state index contributed by atoms with van der Waals surface area (Å²) < 4.78 is 0. The van der Waals surface area contributed by atoms with Crippen LogP contribution in [0.15, 0.2) is 5.38 Å². The van der Waals surface area contributed by atoms with Crippen molar-refractivity contribution in [2.24, 2.45) is 0 Å². The van der Waals surface area contributed by atoms with Crippen molar-refractivity contribution < 1.29 is 9.72 Å². The second-order valence-electron chi connectivity index (χ2n) is 2.31. The summed E-state index contributed by atoms with van der Waals surface area (Å²) in [4.78, 5) is 20.4. The van der Waals surface area contributed by atoms with Gasteiger partial charge in [0.2, 0.25) is 5.91 Å². The molecule has 1 heterocycles. The smallest absolute Gasteiger partial charge is 0.349 e. The van der Waals surface area contributed by atoms with Gasteiger partial charge in [-0.05, 0) is 0 Å². The number of hydrogen-bond acceptors (Lipinski definition) is 5. The van der Waals surface area contributed by atoms with E-state index in [9.17, 15) is 14.9 Å². The van der Waals surface area contributed by atoms with Gasteiger partial charge in [-0.1, -0.05) is 11.3 Å². The lowest BCUT2D eigenvalue weighted by atomic mass is 10.4. The van der Waals surface area contributed by atoms with Crippen LogP contribution in [0.4, 0.5) is 16.4 Å². The molecule has 0 unspecified atom stereocenters. The molecule has 0 aliphatic heterocycles. The number of hydrogen-bond donors (Lipinski definition) is 2. The van der Waals surface area contributed by atoms with Crippen molar-refractivity contribution in [3.8, 4) is 0 Å². The number of carbonyl (C=O) groups excluding carboxylic acids is 1. The van der Waals surface area contributed by atoms with E-state index in [0.29, 0.717) is 5.69 Å². The molecule has 1 amide bonds. The first-order chi connectivity index (χ1) is 6.02. The fourth-order valence-corrected chi connectivity index (χ4v) is 1.52. The topological polar surface area (TPSA) is 98.3 Å². The van der Waals surface area contributed by atoms with Crippen LogP contribution in [0, 0.1) is 10.1 Å². The van der Waals surface area contributed by atoms with Crippen LogP contribution in [0.5, 0.6) is 0 Å². The molecule has 70 valence electrons. The Bertz CT molecular complexity index is 360. The van der Waals surface area contributed by atoms with E-state index in [1.54, 1.807) is 0 Å². The maximum Gasteiger partial charge on any atom is 0.349 e. The summed E-state index contributed by atoms with van der Waals surface area (Å²) in [6.45, 7) is 1.31. The summed E-state index contributed by atoms with van der Waals surface area (Å²) in [7, 11) is 0.